The maximum absolute atomic E-state index is 10.2. The third-order valence-corrected chi connectivity index (χ3v) is 3.73. The summed E-state index contributed by atoms with van der Waals surface area (Å²) in [6.45, 7) is 2.04. The van der Waals surface area contributed by atoms with Crippen molar-refractivity contribution in [2.45, 2.75) is 13.0 Å². The van der Waals surface area contributed by atoms with E-state index in [4.69, 9.17) is 5.73 Å². The number of benzene rings is 2. The van der Waals surface area contributed by atoms with E-state index in [-0.39, 0.29) is 11.8 Å². The van der Waals surface area contributed by atoms with Crippen LogP contribution in [-0.2, 0) is 0 Å². The molecule has 0 saturated heterocycles. The van der Waals surface area contributed by atoms with Crippen LogP contribution in [0.2, 0.25) is 0 Å². The highest BCUT2D eigenvalue weighted by Crippen LogP contribution is 2.31. The van der Waals surface area contributed by atoms with E-state index in [1.807, 2.05) is 61.6 Å². The molecule has 2 heteroatoms. The topological polar surface area (TPSA) is 46.2 Å². The zero-order valence-electron chi connectivity index (χ0n) is 11.4. The van der Waals surface area contributed by atoms with Crippen molar-refractivity contribution in [3.05, 3.63) is 71.3 Å². The van der Waals surface area contributed by atoms with Gasteiger partial charge in [-0.15, -0.1) is 0 Å². The van der Waals surface area contributed by atoms with Crippen molar-refractivity contribution in [1.82, 2.24) is 0 Å². The van der Waals surface area contributed by atoms with Crippen LogP contribution in [0.15, 0.2) is 65.8 Å². The van der Waals surface area contributed by atoms with Crippen LogP contribution in [0.4, 0.5) is 0 Å². The molecule has 100 valence electrons. The second-order valence-corrected chi connectivity index (χ2v) is 5.08. The van der Waals surface area contributed by atoms with E-state index in [0.29, 0.717) is 0 Å². The molecule has 3 rings (SSSR count). The fourth-order valence-electron chi connectivity index (χ4n) is 2.58. The van der Waals surface area contributed by atoms with E-state index in [1.165, 1.54) is 0 Å². The van der Waals surface area contributed by atoms with Crippen LogP contribution in [0, 0.1) is 0 Å². The molecule has 20 heavy (non-hydrogen) atoms. The lowest BCUT2D eigenvalue weighted by atomic mass is 9.92. The lowest BCUT2D eigenvalue weighted by molar-refractivity contribution is 0.475. The van der Waals surface area contributed by atoms with Crippen LogP contribution in [-0.4, -0.2) is 11.1 Å². The van der Waals surface area contributed by atoms with Crippen molar-refractivity contribution in [3.8, 4) is 5.75 Å². The first-order chi connectivity index (χ1) is 9.66. The first-order valence-electron chi connectivity index (χ1n) is 6.70. The molecule has 1 unspecified atom stereocenters. The summed E-state index contributed by atoms with van der Waals surface area (Å²) in [5.74, 6) is 0.283. The van der Waals surface area contributed by atoms with Gasteiger partial charge in [-0.05, 0) is 41.0 Å². The minimum atomic E-state index is -0.127. The van der Waals surface area contributed by atoms with E-state index >= 15 is 0 Å². The summed E-state index contributed by atoms with van der Waals surface area (Å²) in [6, 6.07) is 11.6. The Kier molecular flexibility index (Phi) is 3.17. The van der Waals surface area contributed by atoms with Crippen LogP contribution in [0.3, 0.4) is 0 Å². The summed E-state index contributed by atoms with van der Waals surface area (Å²) in [4.78, 5) is 0. The van der Waals surface area contributed by atoms with Gasteiger partial charge in [0.2, 0.25) is 0 Å². The summed E-state index contributed by atoms with van der Waals surface area (Å²) in [5.41, 5.74) is 9.14. The van der Waals surface area contributed by atoms with Gasteiger partial charge in [-0.2, -0.15) is 0 Å². The molecule has 0 heterocycles. The molecule has 2 aromatic rings. The number of phenolic OH excluding ortho intramolecular Hbond substituents is 1. The van der Waals surface area contributed by atoms with Crippen molar-refractivity contribution in [3.63, 3.8) is 0 Å². The summed E-state index contributed by atoms with van der Waals surface area (Å²) in [5, 5.41) is 12.3. The Bertz CT molecular complexity index is 753. The zero-order chi connectivity index (χ0) is 14.1. The van der Waals surface area contributed by atoms with Crippen molar-refractivity contribution in [1.29, 1.82) is 0 Å². The number of rotatable bonds is 1. The number of hydrogen-bond acceptors (Lipinski definition) is 2. The van der Waals surface area contributed by atoms with Gasteiger partial charge in [-0.3, -0.25) is 0 Å². The van der Waals surface area contributed by atoms with Crippen molar-refractivity contribution in [2.24, 2.45) is 5.73 Å². The predicted octanol–water partition coefficient (Wildman–Crippen LogP) is 3.77. The van der Waals surface area contributed by atoms with E-state index in [1.54, 1.807) is 6.07 Å². The van der Waals surface area contributed by atoms with E-state index in [0.717, 1.165) is 27.5 Å². The molecule has 0 amide bonds. The molecule has 2 nitrogen and oxygen atoms in total. The maximum Gasteiger partial charge on any atom is 0.123 e. The summed E-state index contributed by atoms with van der Waals surface area (Å²) in [7, 11) is 0. The molecule has 0 fully saturated rings. The smallest absolute Gasteiger partial charge is 0.123 e. The Labute approximate surface area is 118 Å². The second-order valence-electron chi connectivity index (χ2n) is 5.08. The van der Waals surface area contributed by atoms with Gasteiger partial charge >= 0.3 is 0 Å². The van der Waals surface area contributed by atoms with Gasteiger partial charge < -0.3 is 10.8 Å². The Morgan fingerprint density at radius 2 is 1.95 bits per heavy atom. The molecule has 1 atom stereocenters. The average Bonchev–Trinajstić information content (AvgIpc) is 2.45. The molecule has 1 aliphatic carbocycles. The standard InChI is InChI=1S/C18H17NO/c1-12-5-4-8-17(19)15(12)11-16-14-7-3-2-6-13(14)9-10-18(16)20/h2-11,17,20H,19H2,1H3/b15-11-. The number of nitrogens with two attached hydrogens (primary N) is 1. The number of allylic oxidation sites excluding steroid dienone is 2. The molecule has 0 aliphatic heterocycles. The van der Waals surface area contributed by atoms with E-state index in [2.05, 4.69) is 0 Å². The van der Waals surface area contributed by atoms with Gasteiger partial charge in [0.25, 0.3) is 0 Å². The molecule has 0 spiro atoms. The second kappa shape index (κ2) is 4.99. The van der Waals surface area contributed by atoms with Gasteiger partial charge in [-0.1, -0.05) is 48.6 Å². The van der Waals surface area contributed by atoms with Crippen LogP contribution in [0.5, 0.6) is 5.75 Å². The number of aromatic hydroxyl groups is 1. The van der Waals surface area contributed by atoms with Gasteiger partial charge in [0.15, 0.2) is 0 Å². The van der Waals surface area contributed by atoms with Crippen molar-refractivity contribution in [2.75, 3.05) is 0 Å². The number of hydrogen-bond donors (Lipinski definition) is 2. The van der Waals surface area contributed by atoms with Gasteiger partial charge in [-0.25, -0.2) is 0 Å². The Morgan fingerprint density at radius 3 is 2.75 bits per heavy atom. The number of phenols is 1. The van der Waals surface area contributed by atoms with Gasteiger partial charge in [0, 0.05) is 11.6 Å². The molecule has 0 bridgehead atoms. The summed E-state index contributed by atoms with van der Waals surface area (Å²) in [6.07, 6.45) is 7.97. The third kappa shape index (κ3) is 2.15. The molecule has 0 saturated carbocycles. The average molecular weight is 263 g/mol. The van der Waals surface area contributed by atoms with Crippen LogP contribution >= 0.6 is 0 Å². The molecular formula is C18H17NO. The fraction of sp³-hybridized carbons (Fsp3) is 0.111. The largest absolute Gasteiger partial charge is 0.507 e. The number of fused-ring (bicyclic) bond motifs is 1. The van der Waals surface area contributed by atoms with Crippen molar-refractivity contribution < 1.29 is 5.11 Å². The lowest BCUT2D eigenvalue weighted by Gasteiger charge is -2.17. The SMILES string of the molecule is CC1=CC=CC(N)/C1=C\c1c(O)ccc2ccccc12. The van der Waals surface area contributed by atoms with Crippen molar-refractivity contribution >= 4 is 16.8 Å². The van der Waals surface area contributed by atoms with Crippen LogP contribution in [0.25, 0.3) is 16.8 Å². The summed E-state index contributed by atoms with van der Waals surface area (Å²) >= 11 is 0. The van der Waals surface area contributed by atoms with E-state index in [9.17, 15) is 5.11 Å². The highest BCUT2D eigenvalue weighted by molar-refractivity contribution is 5.94. The third-order valence-electron chi connectivity index (χ3n) is 3.73. The molecule has 0 radical (unpaired) electrons. The first kappa shape index (κ1) is 12.7. The molecule has 1 aliphatic rings. The zero-order valence-corrected chi connectivity index (χ0v) is 11.4. The first-order valence-corrected chi connectivity index (χ1v) is 6.70. The Balaban J connectivity index is 2.22. The van der Waals surface area contributed by atoms with Crippen LogP contribution < -0.4 is 5.73 Å². The molecule has 2 aromatic carbocycles. The minimum Gasteiger partial charge on any atom is -0.507 e. The quantitative estimate of drug-likeness (QED) is 0.822. The van der Waals surface area contributed by atoms with E-state index < -0.39 is 0 Å². The monoisotopic (exact) mass is 263 g/mol. The fourth-order valence-corrected chi connectivity index (χ4v) is 2.58. The van der Waals surface area contributed by atoms with Crippen LogP contribution in [0.1, 0.15) is 12.5 Å². The molecular weight excluding hydrogens is 246 g/mol. The predicted molar refractivity (Wildman–Crippen MR) is 84.5 cm³/mol. The highest BCUT2D eigenvalue weighted by atomic mass is 16.3. The normalized spacial score (nSPS) is 20.4. The molecule has 3 N–H and O–H groups in total. The maximum atomic E-state index is 10.2. The minimum absolute atomic E-state index is 0.127. The lowest BCUT2D eigenvalue weighted by Crippen LogP contribution is -2.22. The Hall–Kier alpha value is -2.32. The van der Waals surface area contributed by atoms with Gasteiger partial charge in [0.1, 0.15) is 5.75 Å². The molecule has 0 aromatic heterocycles. The highest BCUT2D eigenvalue weighted by Gasteiger charge is 2.13. The Morgan fingerprint density at radius 1 is 1.15 bits per heavy atom. The summed E-state index contributed by atoms with van der Waals surface area (Å²) < 4.78 is 0. The van der Waals surface area contributed by atoms with Gasteiger partial charge in [0.05, 0.1) is 0 Å².